The zero-order valence-corrected chi connectivity index (χ0v) is 17.0. The number of hydrogen-bond donors (Lipinski definition) is 1. The van der Waals surface area contributed by atoms with Crippen LogP contribution < -0.4 is 10.1 Å². The van der Waals surface area contributed by atoms with Crippen LogP contribution in [0.15, 0.2) is 42.5 Å². The predicted molar refractivity (Wildman–Crippen MR) is 110 cm³/mol. The number of rotatable bonds is 5. The molecule has 148 valence electrons. The van der Waals surface area contributed by atoms with Gasteiger partial charge in [-0.25, -0.2) is 0 Å². The molecule has 3 rings (SSSR count). The van der Waals surface area contributed by atoms with Gasteiger partial charge in [-0.15, -0.1) is 0 Å². The van der Waals surface area contributed by atoms with Crippen LogP contribution in [-0.2, 0) is 4.79 Å². The summed E-state index contributed by atoms with van der Waals surface area (Å²) in [4.78, 5) is 26.6. The van der Waals surface area contributed by atoms with Gasteiger partial charge in [-0.2, -0.15) is 0 Å². The van der Waals surface area contributed by atoms with E-state index < -0.39 is 0 Å². The molecule has 6 heteroatoms. The second-order valence-corrected chi connectivity index (χ2v) is 7.51. The van der Waals surface area contributed by atoms with Gasteiger partial charge in [0, 0.05) is 19.1 Å². The molecule has 0 saturated carbocycles. The molecule has 2 aromatic rings. The largest absolute Gasteiger partial charge is 0.483 e. The van der Waals surface area contributed by atoms with Gasteiger partial charge in [0.1, 0.15) is 5.75 Å². The molecule has 28 heavy (non-hydrogen) atoms. The van der Waals surface area contributed by atoms with E-state index in [-0.39, 0.29) is 24.5 Å². The smallest absolute Gasteiger partial charge is 0.258 e. The number of halogens is 1. The Bertz CT molecular complexity index is 861. The maximum absolute atomic E-state index is 12.6. The highest BCUT2D eigenvalue weighted by Crippen LogP contribution is 2.21. The van der Waals surface area contributed by atoms with Crippen LogP contribution in [0, 0.1) is 13.8 Å². The lowest BCUT2D eigenvalue weighted by Gasteiger charge is -2.32. The quantitative estimate of drug-likeness (QED) is 0.831. The number of nitrogens with one attached hydrogen (secondary N) is 1. The monoisotopic (exact) mass is 400 g/mol. The Kier molecular flexibility index (Phi) is 6.57. The van der Waals surface area contributed by atoms with Crippen molar-refractivity contribution >= 4 is 23.4 Å². The van der Waals surface area contributed by atoms with Crippen LogP contribution in [0.3, 0.4) is 0 Å². The van der Waals surface area contributed by atoms with Crippen molar-refractivity contribution in [2.45, 2.75) is 32.7 Å². The molecule has 0 radical (unpaired) electrons. The van der Waals surface area contributed by atoms with E-state index in [0.29, 0.717) is 36.5 Å². The zero-order valence-electron chi connectivity index (χ0n) is 16.2. The van der Waals surface area contributed by atoms with Gasteiger partial charge in [-0.3, -0.25) is 9.59 Å². The number of ether oxygens (including phenoxy) is 1. The second kappa shape index (κ2) is 9.11. The Labute approximate surface area is 170 Å². The minimum atomic E-state index is -0.142. The van der Waals surface area contributed by atoms with Crippen molar-refractivity contribution in [3.63, 3.8) is 0 Å². The van der Waals surface area contributed by atoms with Crippen LogP contribution in [0.4, 0.5) is 0 Å². The van der Waals surface area contributed by atoms with E-state index >= 15 is 0 Å². The first-order chi connectivity index (χ1) is 13.5. The summed E-state index contributed by atoms with van der Waals surface area (Å²) in [5.74, 6) is 0.528. The van der Waals surface area contributed by atoms with Gasteiger partial charge in [-0.05, 0) is 56.0 Å². The van der Waals surface area contributed by atoms with Gasteiger partial charge in [0.25, 0.3) is 11.8 Å². The van der Waals surface area contributed by atoms with E-state index in [4.69, 9.17) is 16.3 Å². The third-order valence-corrected chi connectivity index (χ3v) is 5.49. The van der Waals surface area contributed by atoms with Crippen molar-refractivity contribution in [3.05, 3.63) is 64.2 Å². The Balaban J connectivity index is 1.46. The third kappa shape index (κ3) is 4.84. The molecule has 1 aliphatic heterocycles. The van der Waals surface area contributed by atoms with Crippen molar-refractivity contribution in [1.82, 2.24) is 10.2 Å². The van der Waals surface area contributed by atoms with Crippen molar-refractivity contribution < 1.29 is 14.3 Å². The first kappa shape index (κ1) is 20.2. The number of aryl methyl sites for hydroxylation is 1. The number of carbonyl (C=O) groups excluding carboxylic acids is 2. The van der Waals surface area contributed by atoms with Crippen LogP contribution in [0.25, 0.3) is 0 Å². The summed E-state index contributed by atoms with van der Waals surface area (Å²) in [6.07, 6.45) is 1.43. The third-order valence-electron chi connectivity index (χ3n) is 5.17. The molecule has 1 aliphatic rings. The molecule has 0 aromatic heterocycles. The number of benzene rings is 2. The molecular formula is C22H25ClN2O3. The molecule has 1 fully saturated rings. The fraction of sp³-hybridized carbons (Fsp3) is 0.364. The Hall–Kier alpha value is -2.53. The number of amides is 2. The number of likely N-dealkylation sites (tertiary alicyclic amines) is 1. The van der Waals surface area contributed by atoms with E-state index in [1.54, 1.807) is 23.1 Å². The standard InChI is InChI=1S/C22H25ClN2O3/c1-15-6-5-9-20(16(15)2)28-14-21(26)24-17-10-12-25(13-11-17)22(27)18-7-3-4-8-19(18)23/h3-9,17H,10-14H2,1-2H3,(H,24,26). The van der Waals surface area contributed by atoms with Gasteiger partial charge in [-0.1, -0.05) is 35.9 Å². The lowest BCUT2D eigenvalue weighted by atomic mass is 10.0. The predicted octanol–water partition coefficient (Wildman–Crippen LogP) is 3.76. The fourth-order valence-corrected chi connectivity index (χ4v) is 3.54. The van der Waals surface area contributed by atoms with Gasteiger partial charge in [0.2, 0.25) is 0 Å². The SMILES string of the molecule is Cc1cccc(OCC(=O)NC2CCN(C(=O)c3ccccc3Cl)CC2)c1C. The summed E-state index contributed by atoms with van der Waals surface area (Å²) in [7, 11) is 0. The summed E-state index contributed by atoms with van der Waals surface area (Å²) in [5.41, 5.74) is 2.70. The summed E-state index contributed by atoms with van der Waals surface area (Å²) in [6.45, 7) is 5.16. The molecule has 1 N–H and O–H groups in total. The minimum Gasteiger partial charge on any atom is -0.483 e. The van der Waals surface area contributed by atoms with Gasteiger partial charge in [0.05, 0.1) is 10.6 Å². The Morgan fingerprint density at radius 2 is 1.82 bits per heavy atom. The highest BCUT2D eigenvalue weighted by molar-refractivity contribution is 6.33. The van der Waals surface area contributed by atoms with Crippen molar-refractivity contribution in [2.24, 2.45) is 0 Å². The van der Waals surface area contributed by atoms with Crippen LogP contribution >= 0.6 is 11.6 Å². The van der Waals surface area contributed by atoms with E-state index in [1.807, 2.05) is 38.1 Å². The maximum atomic E-state index is 12.6. The lowest BCUT2D eigenvalue weighted by molar-refractivity contribution is -0.124. The van der Waals surface area contributed by atoms with E-state index in [1.165, 1.54) is 0 Å². The molecule has 0 aliphatic carbocycles. The second-order valence-electron chi connectivity index (χ2n) is 7.10. The van der Waals surface area contributed by atoms with E-state index in [9.17, 15) is 9.59 Å². The summed E-state index contributed by atoms with van der Waals surface area (Å²) < 4.78 is 5.66. The first-order valence-electron chi connectivity index (χ1n) is 9.48. The van der Waals surface area contributed by atoms with E-state index in [0.717, 1.165) is 16.9 Å². The first-order valence-corrected chi connectivity index (χ1v) is 9.85. The molecular weight excluding hydrogens is 376 g/mol. The number of carbonyl (C=O) groups is 2. The lowest BCUT2D eigenvalue weighted by Crippen LogP contribution is -2.47. The van der Waals surface area contributed by atoms with Gasteiger partial charge < -0.3 is 15.0 Å². The minimum absolute atomic E-state index is 0.0109. The Morgan fingerprint density at radius 1 is 1.11 bits per heavy atom. The molecule has 5 nitrogen and oxygen atoms in total. The Morgan fingerprint density at radius 3 is 2.54 bits per heavy atom. The normalized spacial score (nSPS) is 14.6. The molecule has 1 heterocycles. The average Bonchev–Trinajstić information content (AvgIpc) is 2.69. The van der Waals surface area contributed by atoms with Crippen LogP contribution in [-0.4, -0.2) is 42.5 Å². The molecule has 1 saturated heterocycles. The summed E-state index contributed by atoms with van der Waals surface area (Å²) in [6, 6.07) is 12.9. The number of piperidine rings is 1. The van der Waals surface area contributed by atoms with Crippen molar-refractivity contribution in [1.29, 1.82) is 0 Å². The van der Waals surface area contributed by atoms with Gasteiger partial charge in [0.15, 0.2) is 6.61 Å². The summed E-state index contributed by atoms with van der Waals surface area (Å²) >= 11 is 6.12. The molecule has 2 amide bonds. The molecule has 0 spiro atoms. The molecule has 2 aromatic carbocycles. The number of hydrogen-bond acceptors (Lipinski definition) is 3. The number of nitrogens with zero attached hydrogens (tertiary/aromatic N) is 1. The fourth-order valence-electron chi connectivity index (χ4n) is 3.33. The average molecular weight is 401 g/mol. The summed E-state index contributed by atoms with van der Waals surface area (Å²) in [5, 5.41) is 3.47. The van der Waals surface area contributed by atoms with Gasteiger partial charge >= 0.3 is 0 Å². The molecule has 0 atom stereocenters. The highest BCUT2D eigenvalue weighted by atomic mass is 35.5. The van der Waals surface area contributed by atoms with Crippen LogP contribution in [0.2, 0.25) is 5.02 Å². The zero-order chi connectivity index (χ0) is 20.1. The molecule has 0 unspecified atom stereocenters. The van der Waals surface area contributed by atoms with Crippen molar-refractivity contribution in [3.8, 4) is 5.75 Å². The van der Waals surface area contributed by atoms with E-state index in [2.05, 4.69) is 5.32 Å². The molecule has 0 bridgehead atoms. The van der Waals surface area contributed by atoms with Crippen molar-refractivity contribution in [2.75, 3.05) is 19.7 Å². The maximum Gasteiger partial charge on any atom is 0.258 e. The van der Waals surface area contributed by atoms with Crippen LogP contribution in [0.1, 0.15) is 34.3 Å². The van der Waals surface area contributed by atoms with Crippen LogP contribution in [0.5, 0.6) is 5.75 Å². The topological polar surface area (TPSA) is 58.6 Å². The highest BCUT2D eigenvalue weighted by Gasteiger charge is 2.25.